The summed E-state index contributed by atoms with van der Waals surface area (Å²) < 4.78 is 39.9. The molecule has 1 aliphatic heterocycles. The summed E-state index contributed by atoms with van der Waals surface area (Å²) in [5.41, 5.74) is 1.41. The van der Waals surface area contributed by atoms with Crippen LogP contribution in [-0.4, -0.2) is 51.8 Å². The van der Waals surface area contributed by atoms with Crippen LogP contribution in [0.25, 0.3) is 0 Å². The standard InChI is InChI=1S/C26H30N2O5S/c1-32-25-13-12-22(18-26(25)33-2)28(34(30,31)23-9-4-3-5-10-23)21-14-16-27(17-15-21)19-20-8-6-7-11-24(20)29/h3-13,18,21,29H,14-17,19H2,1-2H3. The molecular weight excluding hydrogens is 452 g/mol. The van der Waals surface area contributed by atoms with Gasteiger partial charge in [0.25, 0.3) is 10.0 Å². The summed E-state index contributed by atoms with van der Waals surface area (Å²) in [7, 11) is -0.714. The van der Waals surface area contributed by atoms with Crippen LogP contribution in [-0.2, 0) is 16.6 Å². The average Bonchev–Trinajstić information content (AvgIpc) is 2.87. The van der Waals surface area contributed by atoms with Gasteiger partial charge < -0.3 is 14.6 Å². The summed E-state index contributed by atoms with van der Waals surface area (Å²) in [6.45, 7) is 2.06. The Bertz CT molecular complexity index is 1210. The van der Waals surface area contributed by atoms with Crippen molar-refractivity contribution in [3.05, 3.63) is 78.4 Å². The van der Waals surface area contributed by atoms with Crippen molar-refractivity contribution in [2.24, 2.45) is 0 Å². The Balaban J connectivity index is 1.63. The van der Waals surface area contributed by atoms with E-state index in [0.717, 1.165) is 5.56 Å². The Morgan fingerprint density at radius 1 is 0.912 bits per heavy atom. The fourth-order valence-corrected chi connectivity index (χ4v) is 6.13. The van der Waals surface area contributed by atoms with Crippen molar-refractivity contribution >= 4 is 15.7 Å². The van der Waals surface area contributed by atoms with E-state index < -0.39 is 10.0 Å². The third-order valence-corrected chi connectivity index (χ3v) is 8.09. The first kappa shape index (κ1) is 23.9. The van der Waals surface area contributed by atoms with Gasteiger partial charge in [0.05, 0.1) is 24.8 Å². The average molecular weight is 483 g/mol. The highest BCUT2D eigenvalue weighted by atomic mass is 32.2. The number of nitrogens with zero attached hydrogens (tertiary/aromatic N) is 2. The van der Waals surface area contributed by atoms with E-state index in [4.69, 9.17) is 9.47 Å². The molecule has 1 fully saturated rings. The molecule has 0 saturated carbocycles. The largest absolute Gasteiger partial charge is 0.508 e. The zero-order chi connectivity index (χ0) is 24.1. The molecular formula is C26H30N2O5S. The molecule has 8 heteroatoms. The van der Waals surface area contributed by atoms with Gasteiger partial charge in [0.2, 0.25) is 0 Å². The van der Waals surface area contributed by atoms with Gasteiger partial charge in [-0.15, -0.1) is 0 Å². The second kappa shape index (κ2) is 10.4. The first-order valence-corrected chi connectivity index (χ1v) is 12.7. The highest BCUT2D eigenvalue weighted by molar-refractivity contribution is 7.92. The van der Waals surface area contributed by atoms with E-state index in [1.807, 2.05) is 12.1 Å². The summed E-state index contributed by atoms with van der Waals surface area (Å²) in [6.07, 6.45) is 1.32. The number of benzene rings is 3. The van der Waals surface area contributed by atoms with Gasteiger partial charge in [-0.05, 0) is 43.2 Å². The maximum atomic E-state index is 13.8. The molecule has 0 bridgehead atoms. The summed E-state index contributed by atoms with van der Waals surface area (Å²) in [5.74, 6) is 1.30. The number of para-hydroxylation sites is 1. The number of methoxy groups -OCH3 is 2. The summed E-state index contributed by atoms with van der Waals surface area (Å²) in [5, 5.41) is 10.1. The maximum absolute atomic E-state index is 13.8. The number of sulfonamides is 1. The van der Waals surface area contributed by atoms with Crippen LogP contribution >= 0.6 is 0 Å². The van der Waals surface area contributed by atoms with Gasteiger partial charge >= 0.3 is 0 Å². The lowest BCUT2D eigenvalue weighted by Crippen LogP contribution is -2.47. The number of hydrogen-bond donors (Lipinski definition) is 1. The van der Waals surface area contributed by atoms with Gasteiger partial charge in [0.1, 0.15) is 5.75 Å². The molecule has 0 atom stereocenters. The molecule has 0 unspecified atom stereocenters. The first-order chi connectivity index (χ1) is 16.4. The van der Waals surface area contributed by atoms with Crippen molar-refractivity contribution in [2.75, 3.05) is 31.6 Å². The fraction of sp³-hybridized carbons (Fsp3) is 0.308. The Morgan fingerprint density at radius 3 is 2.21 bits per heavy atom. The van der Waals surface area contributed by atoms with Gasteiger partial charge in [-0.1, -0.05) is 36.4 Å². The smallest absolute Gasteiger partial charge is 0.264 e. The molecule has 7 nitrogen and oxygen atoms in total. The lowest BCUT2D eigenvalue weighted by atomic mass is 10.0. The van der Waals surface area contributed by atoms with Gasteiger partial charge in [-0.25, -0.2) is 8.42 Å². The molecule has 0 aromatic heterocycles. The number of likely N-dealkylation sites (tertiary alicyclic amines) is 1. The fourth-order valence-electron chi connectivity index (χ4n) is 4.41. The van der Waals surface area contributed by atoms with Crippen LogP contribution < -0.4 is 13.8 Å². The van der Waals surface area contributed by atoms with E-state index in [0.29, 0.717) is 49.7 Å². The highest BCUT2D eigenvalue weighted by Gasteiger charge is 2.34. The lowest BCUT2D eigenvalue weighted by Gasteiger charge is -2.39. The van der Waals surface area contributed by atoms with Crippen molar-refractivity contribution in [2.45, 2.75) is 30.3 Å². The lowest BCUT2D eigenvalue weighted by molar-refractivity contribution is 0.204. The normalized spacial score (nSPS) is 15.1. The van der Waals surface area contributed by atoms with Crippen molar-refractivity contribution in [3.8, 4) is 17.2 Å². The topological polar surface area (TPSA) is 79.3 Å². The quantitative estimate of drug-likeness (QED) is 0.517. The van der Waals surface area contributed by atoms with Crippen molar-refractivity contribution in [1.29, 1.82) is 0 Å². The van der Waals surface area contributed by atoms with Crippen LogP contribution in [0.5, 0.6) is 17.2 Å². The molecule has 1 N–H and O–H groups in total. The van der Waals surface area contributed by atoms with Gasteiger partial charge in [0, 0.05) is 37.3 Å². The van der Waals surface area contributed by atoms with Crippen LogP contribution in [0.1, 0.15) is 18.4 Å². The maximum Gasteiger partial charge on any atom is 0.264 e. The second-order valence-electron chi connectivity index (χ2n) is 8.29. The third-order valence-electron chi connectivity index (χ3n) is 6.20. The Labute approximate surface area is 201 Å². The number of piperidine rings is 1. The predicted molar refractivity (Wildman–Crippen MR) is 132 cm³/mol. The zero-order valence-electron chi connectivity index (χ0n) is 19.4. The molecule has 3 aromatic carbocycles. The predicted octanol–water partition coefficient (Wildman–Crippen LogP) is 4.27. The molecule has 34 heavy (non-hydrogen) atoms. The summed E-state index contributed by atoms with van der Waals surface area (Å²) in [4.78, 5) is 2.49. The number of hydrogen-bond acceptors (Lipinski definition) is 6. The molecule has 0 radical (unpaired) electrons. The Morgan fingerprint density at radius 2 is 1.56 bits per heavy atom. The molecule has 3 aromatic rings. The van der Waals surface area contributed by atoms with E-state index in [1.165, 1.54) is 11.4 Å². The van der Waals surface area contributed by atoms with E-state index in [-0.39, 0.29) is 16.7 Å². The molecule has 1 aliphatic rings. The number of phenolic OH excluding ortho intramolecular Hbond substituents is 1. The van der Waals surface area contributed by atoms with Crippen LogP contribution in [0, 0.1) is 0 Å². The monoisotopic (exact) mass is 482 g/mol. The van der Waals surface area contributed by atoms with Gasteiger partial charge in [-0.3, -0.25) is 9.21 Å². The van der Waals surface area contributed by atoms with Crippen molar-refractivity contribution in [3.63, 3.8) is 0 Å². The summed E-state index contributed by atoms with van der Waals surface area (Å²) in [6, 6.07) is 20.8. The second-order valence-corrected chi connectivity index (χ2v) is 10.1. The minimum absolute atomic E-state index is 0.219. The highest BCUT2D eigenvalue weighted by Crippen LogP contribution is 2.37. The third kappa shape index (κ3) is 4.98. The van der Waals surface area contributed by atoms with Gasteiger partial charge in [0.15, 0.2) is 11.5 Å². The molecule has 0 amide bonds. The molecule has 1 saturated heterocycles. The number of ether oxygens (including phenoxy) is 2. The minimum Gasteiger partial charge on any atom is -0.508 e. The van der Waals surface area contributed by atoms with Crippen LogP contribution in [0.4, 0.5) is 5.69 Å². The number of aromatic hydroxyl groups is 1. The van der Waals surface area contributed by atoms with Crippen LogP contribution in [0.15, 0.2) is 77.7 Å². The minimum atomic E-state index is -3.80. The molecule has 180 valence electrons. The molecule has 4 rings (SSSR count). The summed E-state index contributed by atoms with van der Waals surface area (Å²) >= 11 is 0. The number of anilines is 1. The zero-order valence-corrected chi connectivity index (χ0v) is 20.2. The van der Waals surface area contributed by atoms with Crippen LogP contribution in [0.3, 0.4) is 0 Å². The Hall–Kier alpha value is -3.23. The SMILES string of the molecule is COc1ccc(N(C2CCN(Cc3ccccc3O)CC2)S(=O)(=O)c2ccccc2)cc1OC. The molecule has 1 heterocycles. The number of phenols is 1. The first-order valence-electron chi connectivity index (χ1n) is 11.2. The van der Waals surface area contributed by atoms with Crippen molar-refractivity contribution in [1.82, 2.24) is 4.90 Å². The Kier molecular flexibility index (Phi) is 7.29. The van der Waals surface area contributed by atoms with Gasteiger partial charge in [-0.2, -0.15) is 0 Å². The van der Waals surface area contributed by atoms with E-state index in [9.17, 15) is 13.5 Å². The van der Waals surface area contributed by atoms with E-state index in [2.05, 4.69) is 4.90 Å². The number of rotatable bonds is 8. The molecule has 0 spiro atoms. The van der Waals surface area contributed by atoms with E-state index in [1.54, 1.807) is 67.8 Å². The van der Waals surface area contributed by atoms with E-state index >= 15 is 0 Å². The van der Waals surface area contributed by atoms with Crippen molar-refractivity contribution < 1.29 is 23.0 Å². The van der Waals surface area contributed by atoms with Crippen LogP contribution in [0.2, 0.25) is 0 Å². The molecule has 0 aliphatic carbocycles.